The first kappa shape index (κ1) is 15.9. The summed E-state index contributed by atoms with van der Waals surface area (Å²) < 4.78 is 9.95. The van der Waals surface area contributed by atoms with Crippen molar-refractivity contribution in [2.45, 2.75) is 6.42 Å². The van der Waals surface area contributed by atoms with Crippen LogP contribution in [0.5, 0.6) is 5.75 Å². The predicted molar refractivity (Wildman–Crippen MR) is 81.9 cm³/mol. The number of carbonyl (C=O) groups excluding carboxylic acids is 2. The third kappa shape index (κ3) is 4.03. The fourth-order valence-corrected chi connectivity index (χ4v) is 2.48. The number of methoxy groups -OCH3 is 1. The molecule has 1 aliphatic rings. The predicted octanol–water partition coefficient (Wildman–Crippen LogP) is 0.829. The van der Waals surface area contributed by atoms with Gasteiger partial charge < -0.3 is 25.0 Å². The van der Waals surface area contributed by atoms with Gasteiger partial charge >= 0.3 is 6.09 Å². The van der Waals surface area contributed by atoms with E-state index in [-0.39, 0.29) is 18.9 Å². The zero-order chi connectivity index (χ0) is 15.9. The van der Waals surface area contributed by atoms with Crippen LogP contribution in [0.4, 0.5) is 10.5 Å². The number of benzene rings is 1. The van der Waals surface area contributed by atoms with Crippen molar-refractivity contribution in [2.24, 2.45) is 5.73 Å². The van der Waals surface area contributed by atoms with Gasteiger partial charge in [0.15, 0.2) is 0 Å². The summed E-state index contributed by atoms with van der Waals surface area (Å²) in [7, 11) is 1.65. The minimum absolute atomic E-state index is 0.0269. The van der Waals surface area contributed by atoms with E-state index >= 15 is 0 Å². The number of primary amides is 1. The number of rotatable bonds is 5. The van der Waals surface area contributed by atoms with Gasteiger partial charge in [-0.05, 0) is 12.1 Å². The fraction of sp³-hybridized carbons (Fsp3) is 0.467. The molecule has 1 aromatic rings. The number of carbonyl (C=O) groups is 2. The van der Waals surface area contributed by atoms with E-state index in [1.54, 1.807) is 12.0 Å². The van der Waals surface area contributed by atoms with Gasteiger partial charge in [-0.3, -0.25) is 4.79 Å². The van der Waals surface area contributed by atoms with Crippen LogP contribution >= 0.6 is 0 Å². The van der Waals surface area contributed by atoms with E-state index in [1.165, 1.54) is 0 Å². The molecular formula is C15H21N3O4. The van der Waals surface area contributed by atoms with Crippen molar-refractivity contribution in [1.82, 2.24) is 4.90 Å². The van der Waals surface area contributed by atoms with Crippen molar-refractivity contribution in [1.29, 1.82) is 0 Å². The summed E-state index contributed by atoms with van der Waals surface area (Å²) in [6.45, 7) is 2.77. The number of anilines is 1. The Labute approximate surface area is 129 Å². The molecule has 7 nitrogen and oxygen atoms in total. The summed E-state index contributed by atoms with van der Waals surface area (Å²) in [4.78, 5) is 26.4. The number of para-hydroxylation sites is 2. The molecule has 120 valence electrons. The molecule has 7 heteroatoms. The molecule has 0 spiro atoms. The molecule has 1 aromatic carbocycles. The second-order valence-corrected chi connectivity index (χ2v) is 4.96. The Morgan fingerprint density at radius 2 is 1.86 bits per heavy atom. The monoisotopic (exact) mass is 307 g/mol. The Hall–Kier alpha value is -2.44. The Morgan fingerprint density at radius 1 is 1.18 bits per heavy atom. The van der Waals surface area contributed by atoms with E-state index in [0.717, 1.165) is 24.5 Å². The van der Waals surface area contributed by atoms with Gasteiger partial charge in [0.25, 0.3) is 0 Å². The first-order chi connectivity index (χ1) is 10.6. The molecular weight excluding hydrogens is 286 g/mol. The average Bonchev–Trinajstić information content (AvgIpc) is 2.54. The normalized spacial score (nSPS) is 14.6. The van der Waals surface area contributed by atoms with Crippen molar-refractivity contribution >= 4 is 17.7 Å². The molecule has 22 heavy (non-hydrogen) atoms. The fourth-order valence-electron chi connectivity index (χ4n) is 2.48. The Balaban J connectivity index is 1.85. The standard InChI is InChI=1S/C15H21N3O4/c1-21-13-5-3-2-4-12(13)17-7-9-18(10-8-17)14(19)6-11-22-15(16)20/h2-5H,6-11H2,1H3,(H2,16,20). The van der Waals surface area contributed by atoms with Gasteiger partial charge in [-0.25, -0.2) is 4.79 Å². The molecule has 0 unspecified atom stereocenters. The van der Waals surface area contributed by atoms with E-state index in [9.17, 15) is 9.59 Å². The van der Waals surface area contributed by atoms with Crippen molar-refractivity contribution in [3.8, 4) is 5.75 Å². The van der Waals surface area contributed by atoms with Crippen LogP contribution in [0.25, 0.3) is 0 Å². The average molecular weight is 307 g/mol. The van der Waals surface area contributed by atoms with Crippen molar-refractivity contribution in [3.05, 3.63) is 24.3 Å². The molecule has 2 N–H and O–H groups in total. The Morgan fingerprint density at radius 3 is 2.50 bits per heavy atom. The van der Waals surface area contributed by atoms with E-state index in [0.29, 0.717) is 13.1 Å². The SMILES string of the molecule is COc1ccccc1N1CCN(C(=O)CCOC(N)=O)CC1. The molecule has 0 aromatic heterocycles. The molecule has 1 heterocycles. The maximum Gasteiger partial charge on any atom is 0.404 e. The summed E-state index contributed by atoms with van der Waals surface area (Å²) in [5, 5.41) is 0. The van der Waals surface area contributed by atoms with Crippen LogP contribution < -0.4 is 15.4 Å². The molecule has 0 bridgehead atoms. The minimum atomic E-state index is -0.853. The van der Waals surface area contributed by atoms with Gasteiger partial charge in [0, 0.05) is 26.2 Å². The van der Waals surface area contributed by atoms with Gasteiger partial charge in [-0.2, -0.15) is 0 Å². The zero-order valence-corrected chi connectivity index (χ0v) is 12.7. The minimum Gasteiger partial charge on any atom is -0.495 e. The maximum absolute atomic E-state index is 12.0. The molecule has 0 saturated carbocycles. The van der Waals surface area contributed by atoms with Crippen molar-refractivity contribution in [2.75, 3.05) is 44.8 Å². The summed E-state index contributed by atoms with van der Waals surface area (Å²) in [5.41, 5.74) is 5.90. The lowest BCUT2D eigenvalue weighted by Crippen LogP contribution is -2.49. The number of nitrogens with zero attached hydrogens (tertiary/aromatic N) is 2. The van der Waals surface area contributed by atoms with Gasteiger partial charge in [0.2, 0.25) is 5.91 Å². The Kier molecular flexibility index (Phi) is 5.46. The summed E-state index contributed by atoms with van der Waals surface area (Å²) in [5.74, 6) is 0.804. The topological polar surface area (TPSA) is 85.1 Å². The van der Waals surface area contributed by atoms with Crippen molar-refractivity contribution in [3.63, 3.8) is 0 Å². The number of piperazine rings is 1. The largest absolute Gasteiger partial charge is 0.495 e. The summed E-state index contributed by atoms with van der Waals surface area (Å²) in [6.07, 6.45) is -0.689. The number of hydrogen-bond donors (Lipinski definition) is 1. The molecule has 1 saturated heterocycles. The smallest absolute Gasteiger partial charge is 0.404 e. The van der Waals surface area contributed by atoms with Crippen molar-refractivity contribution < 1.29 is 19.1 Å². The molecule has 2 rings (SSSR count). The highest BCUT2D eigenvalue weighted by molar-refractivity contribution is 5.77. The molecule has 0 atom stereocenters. The lowest BCUT2D eigenvalue weighted by atomic mass is 10.2. The van der Waals surface area contributed by atoms with Crippen LogP contribution in [0, 0.1) is 0 Å². The lowest BCUT2D eigenvalue weighted by molar-refractivity contribution is -0.132. The van der Waals surface area contributed by atoms with Crippen LogP contribution in [0.3, 0.4) is 0 Å². The van der Waals surface area contributed by atoms with Gasteiger partial charge in [-0.1, -0.05) is 12.1 Å². The second kappa shape index (κ2) is 7.53. The first-order valence-corrected chi connectivity index (χ1v) is 7.20. The summed E-state index contributed by atoms with van der Waals surface area (Å²) in [6, 6.07) is 7.84. The molecule has 2 amide bonds. The zero-order valence-electron chi connectivity index (χ0n) is 12.7. The highest BCUT2D eigenvalue weighted by atomic mass is 16.5. The van der Waals surface area contributed by atoms with Crippen LogP contribution in [-0.4, -0.2) is 56.8 Å². The van der Waals surface area contributed by atoms with E-state index in [2.05, 4.69) is 9.64 Å². The van der Waals surface area contributed by atoms with E-state index in [4.69, 9.17) is 10.5 Å². The van der Waals surface area contributed by atoms with Crippen LogP contribution in [0.15, 0.2) is 24.3 Å². The maximum atomic E-state index is 12.0. The molecule has 1 aliphatic heterocycles. The number of hydrogen-bond acceptors (Lipinski definition) is 5. The number of ether oxygens (including phenoxy) is 2. The van der Waals surface area contributed by atoms with E-state index < -0.39 is 6.09 Å². The van der Waals surface area contributed by atoms with Gasteiger partial charge in [0.1, 0.15) is 12.4 Å². The quantitative estimate of drug-likeness (QED) is 0.871. The lowest BCUT2D eigenvalue weighted by Gasteiger charge is -2.36. The van der Waals surface area contributed by atoms with Gasteiger partial charge in [-0.15, -0.1) is 0 Å². The molecule has 0 radical (unpaired) electrons. The van der Waals surface area contributed by atoms with Crippen LogP contribution in [0.1, 0.15) is 6.42 Å². The summed E-state index contributed by atoms with van der Waals surface area (Å²) >= 11 is 0. The van der Waals surface area contributed by atoms with E-state index in [1.807, 2.05) is 24.3 Å². The van der Waals surface area contributed by atoms with Crippen LogP contribution in [0.2, 0.25) is 0 Å². The van der Waals surface area contributed by atoms with Gasteiger partial charge in [0.05, 0.1) is 19.2 Å². The third-order valence-corrected chi connectivity index (χ3v) is 3.62. The van der Waals surface area contributed by atoms with Crippen LogP contribution in [-0.2, 0) is 9.53 Å². The Bertz CT molecular complexity index is 527. The molecule has 1 fully saturated rings. The molecule has 0 aliphatic carbocycles. The first-order valence-electron chi connectivity index (χ1n) is 7.20. The second-order valence-electron chi connectivity index (χ2n) is 4.96. The highest BCUT2D eigenvalue weighted by Crippen LogP contribution is 2.28. The highest BCUT2D eigenvalue weighted by Gasteiger charge is 2.22. The number of nitrogens with two attached hydrogens (primary N) is 1. The number of amides is 2. The third-order valence-electron chi connectivity index (χ3n) is 3.62.